The third kappa shape index (κ3) is 4.83. The Bertz CT molecular complexity index is 1160. The summed E-state index contributed by atoms with van der Waals surface area (Å²) in [5.41, 5.74) is 2.08. The van der Waals surface area contributed by atoms with Crippen molar-refractivity contribution >= 4 is 38.8 Å². The summed E-state index contributed by atoms with van der Waals surface area (Å²) in [5, 5.41) is 1.12. The second-order valence-electron chi connectivity index (χ2n) is 7.75. The van der Waals surface area contributed by atoms with Crippen molar-refractivity contribution in [1.29, 1.82) is 0 Å². The molecule has 1 N–H and O–H groups in total. The molecule has 1 aliphatic heterocycles. The lowest BCUT2D eigenvalue weighted by Crippen LogP contribution is -2.42. The zero-order valence-corrected chi connectivity index (χ0v) is 19.2. The van der Waals surface area contributed by atoms with E-state index in [2.05, 4.69) is 5.32 Å². The minimum atomic E-state index is -4.07. The van der Waals surface area contributed by atoms with E-state index in [-0.39, 0.29) is 11.5 Å². The second kappa shape index (κ2) is 9.12. The molecule has 32 heavy (non-hydrogen) atoms. The number of sulfone groups is 1. The number of fused-ring (bicyclic) bond motifs is 1. The molecule has 0 bridgehead atoms. The summed E-state index contributed by atoms with van der Waals surface area (Å²) in [5.74, 6) is -2.04. The van der Waals surface area contributed by atoms with Crippen molar-refractivity contribution in [2.45, 2.75) is 38.5 Å². The van der Waals surface area contributed by atoms with Gasteiger partial charge in [0.1, 0.15) is 16.8 Å². The highest BCUT2D eigenvalue weighted by Crippen LogP contribution is 2.34. The van der Waals surface area contributed by atoms with Crippen molar-refractivity contribution in [2.24, 2.45) is 0 Å². The monoisotopic (exact) mass is 458 g/mol. The topological polar surface area (TPSA) is 110 Å². The largest absolute Gasteiger partial charge is 0.479 e. The number of amides is 2. The van der Waals surface area contributed by atoms with Gasteiger partial charge in [-0.2, -0.15) is 0 Å². The van der Waals surface area contributed by atoms with E-state index in [4.69, 9.17) is 4.74 Å². The first-order valence-electron chi connectivity index (χ1n) is 10.3. The minimum Gasteiger partial charge on any atom is -0.479 e. The Labute approximate surface area is 187 Å². The summed E-state index contributed by atoms with van der Waals surface area (Å²) >= 11 is 0. The average molecular weight is 459 g/mol. The van der Waals surface area contributed by atoms with Crippen LogP contribution in [0.1, 0.15) is 36.7 Å². The van der Waals surface area contributed by atoms with Crippen LogP contribution in [0.5, 0.6) is 5.75 Å². The van der Waals surface area contributed by atoms with Crippen LogP contribution in [0.25, 0.3) is 0 Å². The van der Waals surface area contributed by atoms with Crippen LogP contribution in [0.15, 0.2) is 42.5 Å². The van der Waals surface area contributed by atoms with E-state index in [1.807, 2.05) is 19.1 Å². The normalized spacial score (nSPS) is 16.7. The molecule has 0 aromatic heterocycles. The number of benzene rings is 2. The zero-order valence-electron chi connectivity index (χ0n) is 18.4. The first kappa shape index (κ1) is 23.5. The Morgan fingerprint density at radius 3 is 2.44 bits per heavy atom. The Morgan fingerprint density at radius 2 is 1.81 bits per heavy atom. The molecular formula is C23H26N2O6S. The van der Waals surface area contributed by atoms with Gasteiger partial charge in [-0.15, -0.1) is 0 Å². The molecule has 2 amide bonds. The molecule has 8 nitrogen and oxygen atoms in total. The highest BCUT2D eigenvalue weighted by Gasteiger charge is 2.33. The minimum absolute atomic E-state index is 0.119. The number of carbonyl (C=O) groups excluding carboxylic acids is 3. The molecule has 2 aromatic rings. The number of anilines is 2. The molecule has 0 aliphatic carbocycles. The molecule has 2 aromatic carbocycles. The molecule has 1 aliphatic rings. The fourth-order valence-electron chi connectivity index (χ4n) is 3.39. The fraction of sp³-hybridized carbons (Fsp3) is 0.348. The first-order valence-corrected chi connectivity index (χ1v) is 12.0. The van der Waals surface area contributed by atoms with E-state index in [1.54, 1.807) is 26.1 Å². The van der Waals surface area contributed by atoms with Crippen molar-refractivity contribution in [3.8, 4) is 5.75 Å². The molecular weight excluding hydrogens is 432 g/mol. The van der Waals surface area contributed by atoms with Crippen molar-refractivity contribution < 1.29 is 27.5 Å². The zero-order chi connectivity index (χ0) is 23.6. The summed E-state index contributed by atoms with van der Waals surface area (Å²) in [6.45, 7) is 4.89. The number of rotatable bonds is 7. The maximum atomic E-state index is 12.9. The van der Waals surface area contributed by atoms with Gasteiger partial charge >= 0.3 is 0 Å². The third-order valence-corrected chi connectivity index (χ3v) is 7.43. The van der Waals surface area contributed by atoms with Crippen LogP contribution < -0.4 is 15.0 Å². The van der Waals surface area contributed by atoms with Gasteiger partial charge in [-0.25, -0.2) is 8.42 Å². The van der Waals surface area contributed by atoms with E-state index < -0.39 is 38.6 Å². The van der Waals surface area contributed by atoms with Crippen LogP contribution in [-0.4, -0.2) is 50.2 Å². The predicted octanol–water partition coefficient (Wildman–Crippen LogP) is 2.62. The van der Waals surface area contributed by atoms with E-state index in [1.165, 1.54) is 30.0 Å². The van der Waals surface area contributed by atoms with E-state index in [0.29, 0.717) is 17.1 Å². The van der Waals surface area contributed by atoms with Gasteiger partial charge in [0.2, 0.25) is 5.91 Å². The number of hydrogen-bond acceptors (Lipinski definition) is 6. The predicted molar refractivity (Wildman–Crippen MR) is 122 cm³/mol. The van der Waals surface area contributed by atoms with Crippen LogP contribution >= 0.6 is 0 Å². The Balaban J connectivity index is 1.73. The SMILES string of the molecule is CCc1ccc(NC(=O)CS(=O)(=O)C(C)C(=O)c2ccc3c(c2)N(C)C(=O)C(C)O3)cc1. The summed E-state index contributed by atoms with van der Waals surface area (Å²) in [6.07, 6.45) is 0.199. The summed E-state index contributed by atoms with van der Waals surface area (Å²) in [7, 11) is -2.51. The molecule has 0 spiro atoms. The second-order valence-corrected chi connectivity index (χ2v) is 10.1. The van der Waals surface area contributed by atoms with Gasteiger partial charge in [-0.05, 0) is 56.2 Å². The van der Waals surface area contributed by atoms with Gasteiger partial charge in [0, 0.05) is 18.3 Å². The summed E-state index contributed by atoms with van der Waals surface area (Å²) in [6, 6.07) is 11.5. The number of nitrogens with one attached hydrogen (secondary N) is 1. The molecule has 0 radical (unpaired) electrons. The van der Waals surface area contributed by atoms with Crippen molar-refractivity contribution in [3.63, 3.8) is 0 Å². The lowest BCUT2D eigenvalue weighted by molar-refractivity contribution is -0.125. The van der Waals surface area contributed by atoms with Crippen LogP contribution in [0.2, 0.25) is 0 Å². The molecule has 0 saturated carbocycles. The van der Waals surface area contributed by atoms with Gasteiger partial charge < -0.3 is 15.0 Å². The maximum absolute atomic E-state index is 12.9. The molecule has 2 unspecified atom stereocenters. The van der Waals surface area contributed by atoms with E-state index in [0.717, 1.165) is 12.0 Å². The standard InChI is InChI=1S/C23H26N2O6S/c1-5-16-6-9-18(10-7-16)24-21(26)13-32(29,30)15(3)22(27)17-8-11-20-19(12-17)25(4)23(28)14(2)31-20/h6-12,14-15H,5,13H2,1-4H3,(H,24,26). The van der Waals surface area contributed by atoms with Crippen LogP contribution in [0, 0.1) is 0 Å². The van der Waals surface area contributed by atoms with Gasteiger partial charge in [0.15, 0.2) is 21.7 Å². The van der Waals surface area contributed by atoms with Gasteiger partial charge in [-0.1, -0.05) is 19.1 Å². The number of nitrogens with zero attached hydrogens (tertiary/aromatic N) is 1. The Hall–Kier alpha value is -3.20. The quantitative estimate of drug-likeness (QED) is 0.639. The number of Topliss-reactive ketones (excluding diaryl/α,β-unsaturated/α-hetero) is 1. The van der Waals surface area contributed by atoms with Gasteiger partial charge in [-0.3, -0.25) is 14.4 Å². The molecule has 170 valence electrons. The van der Waals surface area contributed by atoms with Crippen molar-refractivity contribution in [1.82, 2.24) is 0 Å². The lowest BCUT2D eigenvalue weighted by Gasteiger charge is -2.30. The van der Waals surface area contributed by atoms with E-state index >= 15 is 0 Å². The number of likely N-dealkylation sites (N-methyl/N-ethyl adjacent to an activating group) is 1. The fourth-order valence-corrected chi connectivity index (χ4v) is 4.54. The number of ketones is 1. The van der Waals surface area contributed by atoms with Crippen LogP contribution in [0.3, 0.4) is 0 Å². The maximum Gasteiger partial charge on any atom is 0.267 e. The Kier molecular flexibility index (Phi) is 6.68. The smallest absolute Gasteiger partial charge is 0.267 e. The summed E-state index contributed by atoms with van der Waals surface area (Å²) in [4.78, 5) is 38.7. The van der Waals surface area contributed by atoms with Gasteiger partial charge in [0.25, 0.3) is 5.91 Å². The number of aryl methyl sites for hydroxylation is 1. The molecule has 0 saturated heterocycles. The first-order chi connectivity index (χ1) is 15.0. The highest BCUT2D eigenvalue weighted by molar-refractivity contribution is 7.93. The number of hydrogen-bond donors (Lipinski definition) is 1. The van der Waals surface area contributed by atoms with Crippen molar-refractivity contribution in [2.75, 3.05) is 23.0 Å². The molecule has 9 heteroatoms. The van der Waals surface area contributed by atoms with Crippen molar-refractivity contribution in [3.05, 3.63) is 53.6 Å². The summed E-state index contributed by atoms with van der Waals surface area (Å²) < 4.78 is 31.0. The van der Waals surface area contributed by atoms with Crippen LogP contribution in [0.4, 0.5) is 11.4 Å². The third-order valence-electron chi connectivity index (χ3n) is 5.47. The average Bonchev–Trinajstić information content (AvgIpc) is 2.76. The molecule has 1 heterocycles. The van der Waals surface area contributed by atoms with Crippen LogP contribution in [-0.2, 0) is 25.8 Å². The van der Waals surface area contributed by atoms with E-state index in [9.17, 15) is 22.8 Å². The lowest BCUT2D eigenvalue weighted by atomic mass is 10.1. The number of ether oxygens (including phenoxy) is 1. The molecule has 3 rings (SSSR count). The molecule has 0 fully saturated rings. The Morgan fingerprint density at radius 1 is 1.16 bits per heavy atom. The number of carbonyl (C=O) groups is 3. The highest BCUT2D eigenvalue weighted by atomic mass is 32.2. The van der Waals surface area contributed by atoms with Gasteiger partial charge in [0.05, 0.1) is 5.69 Å². The molecule has 2 atom stereocenters.